The van der Waals surface area contributed by atoms with Crippen molar-refractivity contribution >= 4 is 19.7 Å². The molecule has 0 aromatic heterocycles. The summed E-state index contributed by atoms with van der Waals surface area (Å²) in [5, 5.41) is 3.00. The minimum atomic E-state index is -4.47. The summed E-state index contributed by atoms with van der Waals surface area (Å²) in [6, 6.07) is -0.893. The van der Waals surface area contributed by atoms with Crippen LogP contribution in [0.1, 0.15) is 245 Å². The fraction of sp³-hybridized carbons (Fsp3) is 0.719. The molecule has 3 unspecified atom stereocenters. The number of amides is 1. The van der Waals surface area contributed by atoms with Gasteiger partial charge in [-0.2, -0.15) is 0 Å². The Balaban J connectivity index is 5.32. The lowest BCUT2D eigenvalue weighted by Crippen LogP contribution is -2.47. The van der Waals surface area contributed by atoms with Crippen molar-refractivity contribution in [1.82, 2.24) is 5.32 Å². The Morgan fingerprint density at radius 3 is 1.35 bits per heavy atom. The Kier molecular flexibility index (Phi) is 51.1. The Morgan fingerprint density at radius 2 is 0.878 bits per heavy atom. The zero-order valence-corrected chi connectivity index (χ0v) is 49.4. The lowest BCUT2D eigenvalue weighted by molar-refractivity contribution is -0.870. The molecule has 0 aliphatic heterocycles. The summed E-state index contributed by atoms with van der Waals surface area (Å²) in [6.07, 6.45) is 71.4. The van der Waals surface area contributed by atoms with Gasteiger partial charge in [0.15, 0.2) is 0 Å². The van der Waals surface area contributed by atoms with Crippen LogP contribution < -0.4 is 5.32 Å². The van der Waals surface area contributed by atoms with Crippen LogP contribution >= 0.6 is 7.82 Å². The number of hydrogen-bond donors (Lipinski definition) is 2. The van der Waals surface area contributed by atoms with Gasteiger partial charge >= 0.3 is 13.8 Å². The number of ether oxygens (including phenoxy) is 1. The molecule has 3 atom stereocenters. The monoisotopic (exact) mass is 1050 g/mol. The molecule has 0 bridgehead atoms. The molecule has 426 valence electrons. The largest absolute Gasteiger partial charge is 0.472 e. The number of allylic oxidation sites excluding steroid dienone is 15. The first kappa shape index (κ1) is 70.9. The molecule has 10 heteroatoms. The van der Waals surface area contributed by atoms with Crippen molar-refractivity contribution < 1.29 is 37.3 Å². The first-order valence-electron chi connectivity index (χ1n) is 30.1. The predicted molar refractivity (Wildman–Crippen MR) is 318 cm³/mol. The molecule has 0 saturated heterocycles. The van der Waals surface area contributed by atoms with Gasteiger partial charge in [-0.15, -0.1) is 0 Å². The Hall–Kier alpha value is -3.07. The number of nitrogens with zero attached hydrogens (tertiary/aromatic N) is 1. The van der Waals surface area contributed by atoms with E-state index in [-0.39, 0.29) is 37.9 Å². The highest BCUT2D eigenvalue weighted by Gasteiger charge is 2.30. The van der Waals surface area contributed by atoms with E-state index in [1.54, 1.807) is 0 Å². The molecule has 0 aromatic rings. The zero-order chi connectivity index (χ0) is 54.3. The van der Waals surface area contributed by atoms with Gasteiger partial charge in [-0.1, -0.05) is 234 Å². The second-order valence-corrected chi connectivity index (χ2v) is 22.6. The summed E-state index contributed by atoms with van der Waals surface area (Å²) in [5.41, 5.74) is 0. The van der Waals surface area contributed by atoms with E-state index in [0.717, 1.165) is 77.0 Å². The molecule has 0 aliphatic carbocycles. The van der Waals surface area contributed by atoms with E-state index in [4.69, 9.17) is 13.8 Å². The molecule has 0 spiro atoms. The van der Waals surface area contributed by atoms with Crippen molar-refractivity contribution in [3.63, 3.8) is 0 Å². The van der Waals surface area contributed by atoms with Gasteiger partial charge in [0, 0.05) is 12.8 Å². The van der Waals surface area contributed by atoms with Crippen molar-refractivity contribution in [3.8, 4) is 0 Å². The first-order chi connectivity index (χ1) is 35.9. The third-order valence-electron chi connectivity index (χ3n) is 12.8. The van der Waals surface area contributed by atoms with E-state index in [9.17, 15) is 19.0 Å². The highest BCUT2D eigenvalue weighted by Crippen LogP contribution is 2.43. The molecule has 74 heavy (non-hydrogen) atoms. The summed E-state index contributed by atoms with van der Waals surface area (Å²) >= 11 is 0. The number of carbonyl (C=O) groups is 2. The maximum Gasteiger partial charge on any atom is 0.472 e. The third kappa shape index (κ3) is 53.7. The second-order valence-electron chi connectivity index (χ2n) is 21.1. The minimum Gasteiger partial charge on any atom is -0.456 e. The highest BCUT2D eigenvalue weighted by atomic mass is 31.2. The van der Waals surface area contributed by atoms with Crippen LogP contribution in [0.2, 0.25) is 0 Å². The van der Waals surface area contributed by atoms with E-state index in [1.165, 1.54) is 128 Å². The summed E-state index contributed by atoms with van der Waals surface area (Å²) in [7, 11) is 1.44. The number of carbonyl (C=O) groups excluding carboxylic acids is 2. The average molecular weight is 1050 g/mol. The smallest absolute Gasteiger partial charge is 0.456 e. The maximum atomic E-state index is 13.5. The first-order valence-corrected chi connectivity index (χ1v) is 31.6. The van der Waals surface area contributed by atoms with Crippen LogP contribution in [-0.2, 0) is 27.9 Å². The summed E-state index contributed by atoms with van der Waals surface area (Å²) in [5.74, 6) is -0.608. The van der Waals surface area contributed by atoms with Crippen LogP contribution in [0.25, 0.3) is 0 Å². The van der Waals surface area contributed by atoms with Gasteiger partial charge in [0.1, 0.15) is 19.3 Å². The zero-order valence-electron chi connectivity index (χ0n) is 48.6. The summed E-state index contributed by atoms with van der Waals surface area (Å²) in [6.45, 7) is 6.80. The number of likely N-dealkylation sites (N-methyl/N-ethyl adjacent to an activating group) is 1. The highest BCUT2D eigenvalue weighted by molar-refractivity contribution is 7.47. The molecular weight excluding hydrogens is 940 g/mol. The quantitative estimate of drug-likeness (QED) is 0.0205. The molecule has 0 fully saturated rings. The number of esters is 1. The third-order valence-corrected chi connectivity index (χ3v) is 13.8. The van der Waals surface area contributed by atoms with E-state index in [0.29, 0.717) is 17.4 Å². The number of nitrogens with one attached hydrogen (secondary N) is 1. The van der Waals surface area contributed by atoms with Crippen LogP contribution in [0, 0.1) is 0 Å². The van der Waals surface area contributed by atoms with Gasteiger partial charge in [0.05, 0.1) is 33.8 Å². The number of hydrogen-bond acceptors (Lipinski definition) is 6. The average Bonchev–Trinajstić information content (AvgIpc) is 3.36. The van der Waals surface area contributed by atoms with Crippen LogP contribution in [-0.4, -0.2) is 74.3 Å². The van der Waals surface area contributed by atoms with Crippen molar-refractivity contribution in [2.75, 3.05) is 40.9 Å². The van der Waals surface area contributed by atoms with E-state index < -0.39 is 20.0 Å². The molecule has 0 rings (SSSR count). The van der Waals surface area contributed by atoms with Crippen LogP contribution in [0.4, 0.5) is 0 Å². The molecule has 0 aromatic carbocycles. The number of phosphoric acid groups is 1. The predicted octanol–water partition coefficient (Wildman–Crippen LogP) is 18.4. The van der Waals surface area contributed by atoms with Gasteiger partial charge < -0.3 is 19.4 Å². The van der Waals surface area contributed by atoms with Gasteiger partial charge in [-0.05, 0) is 96.0 Å². The molecule has 9 nitrogen and oxygen atoms in total. The normalized spacial score (nSPS) is 14.4. The van der Waals surface area contributed by atoms with Crippen LogP contribution in [0.5, 0.6) is 0 Å². The number of quaternary nitrogens is 1. The topological polar surface area (TPSA) is 111 Å². The molecule has 1 amide bonds. The number of rotatable bonds is 53. The Bertz CT molecular complexity index is 1590. The lowest BCUT2D eigenvalue weighted by atomic mass is 10.0. The van der Waals surface area contributed by atoms with Crippen LogP contribution in [0.3, 0.4) is 0 Å². The number of phosphoric ester groups is 1. The fourth-order valence-electron chi connectivity index (χ4n) is 8.13. The molecule has 0 heterocycles. The Morgan fingerprint density at radius 1 is 0.486 bits per heavy atom. The molecule has 0 saturated carbocycles. The van der Waals surface area contributed by atoms with Gasteiger partial charge in [-0.3, -0.25) is 18.6 Å². The molecule has 0 aliphatic rings. The fourth-order valence-corrected chi connectivity index (χ4v) is 8.87. The summed E-state index contributed by atoms with van der Waals surface area (Å²) < 4.78 is 30.6. The molecule has 0 radical (unpaired) electrons. The molecular formula is C64H114N2O7P+. The summed E-state index contributed by atoms with van der Waals surface area (Å²) in [4.78, 5) is 37.6. The van der Waals surface area contributed by atoms with Gasteiger partial charge in [0.2, 0.25) is 5.91 Å². The van der Waals surface area contributed by atoms with Gasteiger partial charge in [-0.25, -0.2) is 4.57 Å². The Labute approximate surface area is 456 Å². The standard InChI is InChI=1S/C64H113N2O7P/c1-7-10-13-16-19-22-25-27-29-31-32-33-34-35-37-39-42-45-48-51-54-57-64(68)73-62(55-52-49-46-43-40-24-21-18-15-12-9-3)61(60-72-74(69,70)71-59-58-66(4,5)6)65-63(67)56-53-50-47-44-41-38-36-30-28-26-23-20-17-14-11-8-2/h11,14,19-20,22-23,27-30,38,41,47,50,52,55,61-62H,7-10,12-13,15-18,21,24-26,31-37,39-40,42-46,48-49,51,53-54,56-60H2,1-6H3,(H-,65,67,69,70)/p+1/b14-11+,22-19-,23-20+,29-27-,30-28+,41-38+,50-47+,55-52+. The van der Waals surface area contributed by atoms with Crippen molar-refractivity contribution in [2.45, 2.75) is 258 Å². The van der Waals surface area contributed by atoms with Crippen LogP contribution in [0.15, 0.2) is 97.2 Å². The van der Waals surface area contributed by atoms with E-state index in [2.05, 4.69) is 105 Å². The minimum absolute atomic E-state index is 0.0227. The van der Waals surface area contributed by atoms with Crippen molar-refractivity contribution in [2.24, 2.45) is 0 Å². The van der Waals surface area contributed by atoms with Crippen molar-refractivity contribution in [3.05, 3.63) is 97.2 Å². The SMILES string of the molecule is CC/C=C/C/C=C/C/C=C/C/C=C/C/C=C/CCC(=O)NC(COP(=O)(O)OCC[N+](C)(C)C)C(/C=C/CCCCCCCCCCC)OC(=O)CCCCCCCCCCCCC/C=C\C/C=C\CCCCC. The molecule has 2 N–H and O–H groups in total. The second kappa shape index (κ2) is 53.3. The van der Waals surface area contributed by atoms with E-state index >= 15 is 0 Å². The van der Waals surface area contributed by atoms with Crippen molar-refractivity contribution in [1.29, 1.82) is 0 Å². The maximum absolute atomic E-state index is 13.5. The van der Waals surface area contributed by atoms with E-state index in [1.807, 2.05) is 39.4 Å². The van der Waals surface area contributed by atoms with Gasteiger partial charge in [0.25, 0.3) is 0 Å². The number of unbranched alkanes of at least 4 members (excludes halogenated alkanes) is 23. The lowest BCUT2D eigenvalue weighted by Gasteiger charge is -2.27.